The summed E-state index contributed by atoms with van der Waals surface area (Å²) in [4.78, 5) is 0. The van der Waals surface area contributed by atoms with Crippen molar-refractivity contribution in [2.45, 2.75) is 77.6 Å². The minimum atomic E-state index is -3.78. The average Bonchev–Trinajstić information content (AvgIpc) is 2.98. The van der Waals surface area contributed by atoms with Crippen LogP contribution in [0.2, 0.25) is 5.02 Å². The molecule has 0 spiro atoms. The summed E-state index contributed by atoms with van der Waals surface area (Å²) in [5.41, 5.74) is 0.460. The van der Waals surface area contributed by atoms with E-state index in [-0.39, 0.29) is 19.8 Å². The second-order valence-electron chi connectivity index (χ2n) is 9.19. The van der Waals surface area contributed by atoms with Gasteiger partial charge in [0.1, 0.15) is 5.28 Å². The van der Waals surface area contributed by atoms with Gasteiger partial charge in [-0.1, -0.05) is 63.3 Å². The second-order valence-corrected chi connectivity index (χ2v) is 13.7. The van der Waals surface area contributed by atoms with Crippen LogP contribution in [0.15, 0.2) is 24.3 Å². The minimum absolute atomic E-state index is 0.201. The van der Waals surface area contributed by atoms with E-state index >= 15 is 0 Å². The largest absolute Gasteiger partial charge is 0.406 e. The molecular weight excluding hydrogens is 472 g/mol. The van der Waals surface area contributed by atoms with E-state index in [2.05, 4.69) is 5.09 Å². The zero-order valence-corrected chi connectivity index (χ0v) is 22.0. The zero-order valence-electron chi connectivity index (χ0n) is 19.5. The molecule has 2 atom stereocenters. The van der Waals surface area contributed by atoms with Crippen LogP contribution in [-0.4, -0.2) is 25.1 Å². The van der Waals surface area contributed by atoms with Gasteiger partial charge in [-0.2, -0.15) is 0 Å². The van der Waals surface area contributed by atoms with Crippen LogP contribution in [0.3, 0.4) is 0 Å². The number of hydrogen-bond acceptors (Lipinski definition) is 6. The highest BCUT2D eigenvalue weighted by Gasteiger charge is 2.59. The number of rotatable bonds is 8. The lowest BCUT2D eigenvalue weighted by molar-refractivity contribution is -0.0359. The molecule has 0 bridgehead atoms. The lowest BCUT2D eigenvalue weighted by Gasteiger charge is -2.48. The Morgan fingerprint density at radius 2 is 1.66 bits per heavy atom. The number of nitrogens with one attached hydrogen (secondary N) is 1. The molecule has 1 N–H and O–H groups in total. The van der Waals surface area contributed by atoms with Gasteiger partial charge in [-0.15, -0.1) is 0 Å². The summed E-state index contributed by atoms with van der Waals surface area (Å²) in [5, 5.41) is 2.56. The smallest absolute Gasteiger partial charge is 0.307 e. The van der Waals surface area contributed by atoms with E-state index in [9.17, 15) is 9.13 Å². The summed E-state index contributed by atoms with van der Waals surface area (Å²) in [6, 6.07) is 7.38. The summed E-state index contributed by atoms with van der Waals surface area (Å²) >= 11 is 6.08. The first-order chi connectivity index (χ1) is 15.1. The van der Waals surface area contributed by atoms with Gasteiger partial charge in [0.25, 0.3) is 0 Å². The molecule has 2 unspecified atom stereocenters. The SMILES string of the molecule is CCOP(=O)(NC1(P2(=O)OCC(C)(C)C(c3ccc(Cl)cc3)O2)CCCCCC1)OCC. The van der Waals surface area contributed by atoms with Gasteiger partial charge in [-0.25, -0.2) is 9.65 Å². The molecule has 1 heterocycles. The molecule has 1 aromatic rings. The third-order valence-corrected chi connectivity index (χ3v) is 11.0. The zero-order chi connectivity index (χ0) is 23.5. The maximum absolute atomic E-state index is 14.5. The Bertz CT molecular complexity index is 844. The van der Waals surface area contributed by atoms with Crippen LogP contribution in [0.5, 0.6) is 0 Å². The Kier molecular flexibility index (Phi) is 8.72. The van der Waals surface area contributed by atoms with Crippen molar-refractivity contribution in [3.05, 3.63) is 34.9 Å². The third-order valence-electron chi connectivity index (χ3n) is 6.13. The fourth-order valence-corrected chi connectivity index (χ4v) is 9.63. The second kappa shape index (κ2) is 10.6. The number of benzene rings is 1. The first kappa shape index (κ1) is 26.4. The van der Waals surface area contributed by atoms with E-state index in [4.69, 9.17) is 29.7 Å². The lowest BCUT2D eigenvalue weighted by atomic mass is 9.83. The molecule has 2 fully saturated rings. The predicted octanol–water partition coefficient (Wildman–Crippen LogP) is 7.47. The molecular formula is C22H36ClNO6P2. The standard InChI is InChI=1S/C22H36ClNO6P2/c1-5-27-32(26,28-6-2)24-22(15-9-7-8-10-16-22)31(25)29-17-21(3,4)20(30-31)18-11-13-19(23)14-12-18/h11-14,20H,5-10,15-17H2,1-4H3,(H,24,26). The van der Waals surface area contributed by atoms with Gasteiger partial charge in [-0.3, -0.25) is 18.1 Å². The Labute approximate surface area is 197 Å². The maximum Gasteiger partial charge on any atom is 0.406 e. The average molecular weight is 508 g/mol. The van der Waals surface area contributed by atoms with Crippen molar-refractivity contribution in [3.8, 4) is 0 Å². The van der Waals surface area contributed by atoms with Gasteiger partial charge in [0.05, 0.1) is 25.9 Å². The molecule has 10 heteroatoms. The van der Waals surface area contributed by atoms with Crippen molar-refractivity contribution in [3.63, 3.8) is 0 Å². The monoisotopic (exact) mass is 507 g/mol. The van der Waals surface area contributed by atoms with Crippen molar-refractivity contribution in [1.29, 1.82) is 0 Å². The molecule has 3 rings (SSSR count). The fraction of sp³-hybridized carbons (Fsp3) is 0.727. The summed E-state index contributed by atoms with van der Waals surface area (Å²) in [6.45, 7) is 8.19. The van der Waals surface area contributed by atoms with Crippen LogP contribution in [0.1, 0.15) is 77.9 Å². The van der Waals surface area contributed by atoms with Crippen molar-refractivity contribution >= 4 is 26.9 Å². The van der Waals surface area contributed by atoms with Gasteiger partial charge in [-0.05, 0) is 44.4 Å². The molecule has 0 radical (unpaired) electrons. The molecule has 32 heavy (non-hydrogen) atoms. The number of hydrogen-bond donors (Lipinski definition) is 1. The molecule has 1 aliphatic carbocycles. The van der Waals surface area contributed by atoms with Crippen molar-refractivity contribution in [2.75, 3.05) is 19.8 Å². The highest BCUT2D eigenvalue weighted by molar-refractivity contribution is 7.58. The van der Waals surface area contributed by atoms with E-state index in [1.54, 1.807) is 26.0 Å². The van der Waals surface area contributed by atoms with Crippen LogP contribution < -0.4 is 5.09 Å². The first-order valence-corrected chi connectivity index (χ1v) is 14.9. The van der Waals surface area contributed by atoms with Gasteiger partial charge < -0.3 is 4.52 Å². The normalized spacial score (nSPS) is 28.2. The Morgan fingerprint density at radius 1 is 1.09 bits per heavy atom. The van der Waals surface area contributed by atoms with E-state index in [1.807, 2.05) is 26.0 Å². The molecule has 182 valence electrons. The lowest BCUT2D eigenvalue weighted by Crippen LogP contribution is -2.48. The summed E-state index contributed by atoms with van der Waals surface area (Å²) in [5.74, 6) is 0. The summed E-state index contributed by atoms with van der Waals surface area (Å²) in [6.07, 6.45) is 4.17. The topological polar surface area (TPSA) is 83.1 Å². The first-order valence-electron chi connectivity index (χ1n) is 11.5. The summed E-state index contributed by atoms with van der Waals surface area (Å²) < 4.78 is 51.5. The molecule has 7 nitrogen and oxygen atoms in total. The Morgan fingerprint density at radius 3 is 2.19 bits per heavy atom. The van der Waals surface area contributed by atoms with Gasteiger partial charge in [0.15, 0.2) is 0 Å². The molecule has 0 amide bonds. The van der Waals surface area contributed by atoms with Crippen LogP contribution in [0.25, 0.3) is 0 Å². The van der Waals surface area contributed by atoms with Crippen molar-refractivity contribution in [1.82, 2.24) is 5.09 Å². The Balaban J connectivity index is 2.02. The van der Waals surface area contributed by atoms with Crippen LogP contribution in [0, 0.1) is 5.41 Å². The highest BCUT2D eigenvalue weighted by atomic mass is 35.5. The minimum Gasteiger partial charge on any atom is -0.307 e. The highest BCUT2D eigenvalue weighted by Crippen LogP contribution is 2.72. The van der Waals surface area contributed by atoms with Crippen LogP contribution in [-0.2, 0) is 27.2 Å². The Hall–Kier alpha value is -0.230. The molecule has 1 saturated heterocycles. The fourth-order valence-electron chi connectivity index (χ4n) is 4.47. The van der Waals surface area contributed by atoms with E-state index < -0.39 is 32.1 Å². The summed E-state index contributed by atoms with van der Waals surface area (Å²) in [7, 11) is -7.49. The molecule has 1 aromatic carbocycles. The third kappa shape index (κ3) is 5.70. The van der Waals surface area contributed by atoms with Gasteiger partial charge in [0.2, 0.25) is 0 Å². The van der Waals surface area contributed by atoms with Crippen molar-refractivity contribution < 1.29 is 27.2 Å². The molecule has 0 aromatic heterocycles. The van der Waals surface area contributed by atoms with Crippen LogP contribution >= 0.6 is 26.9 Å². The van der Waals surface area contributed by atoms with E-state index in [0.717, 1.165) is 31.2 Å². The molecule has 2 aliphatic rings. The predicted molar refractivity (Wildman–Crippen MR) is 127 cm³/mol. The van der Waals surface area contributed by atoms with Gasteiger partial charge >= 0.3 is 15.3 Å². The molecule has 1 aliphatic heterocycles. The molecule has 1 saturated carbocycles. The van der Waals surface area contributed by atoms with Gasteiger partial charge in [0, 0.05) is 10.4 Å². The quantitative estimate of drug-likeness (QED) is 0.288. The van der Waals surface area contributed by atoms with Crippen LogP contribution in [0.4, 0.5) is 0 Å². The van der Waals surface area contributed by atoms with Crippen molar-refractivity contribution in [2.24, 2.45) is 5.41 Å². The van der Waals surface area contributed by atoms with E-state index in [1.165, 1.54) is 0 Å². The number of halogens is 1. The van der Waals surface area contributed by atoms with E-state index in [0.29, 0.717) is 17.9 Å². The maximum atomic E-state index is 14.5.